The lowest BCUT2D eigenvalue weighted by molar-refractivity contribution is -0.141. The van der Waals surface area contributed by atoms with E-state index in [2.05, 4.69) is 16.0 Å². The van der Waals surface area contributed by atoms with Crippen molar-refractivity contribution < 1.29 is 38.6 Å². The summed E-state index contributed by atoms with van der Waals surface area (Å²) in [5.74, 6) is -1.43. The molecular formula is C27H28ClN5O8. The number of benzene rings is 2. The molecule has 1 unspecified atom stereocenters. The number of halogens is 1. The minimum absolute atomic E-state index is 0.0142. The van der Waals surface area contributed by atoms with E-state index in [9.17, 15) is 24.0 Å². The molecule has 0 aromatic heterocycles. The Bertz CT molecular complexity index is 1380. The number of morpholine rings is 1. The number of anilines is 2. The van der Waals surface area contributed by atoms with E-state index >= 15 is 0 Å². The normalized spacial score (nSPS) is 20.5. The zero-order valence-corrected chi connectivity index (χ0v) is 22.6. The van der Waals surface area contributed by atoms with Crippen molar-refractivity contribution in [1.82, 2.24) is 15.1 Å². The lowest BCUT2D eigenvalue weighted by Crippen LogP contribution is -2.52. The molecule has 0 aliphatic carbocycles. The van der Waals surface area contributed by atoms with Gasteiger partial charge < -0.3 is 29.7 Å². The Kier molecular flexibility index (Phi) is 7.99. The highest BCUT2D eigenvalue weighted by Gasteiger charge is 2.49. The number of hydrogen-bond donors (Lipinski definition) is 4. The summed E-state index contributed by atoms with van der Waals surface area (Å²) in [6, 6.07) is 9.44. The van der Waals surface area contributed by atoms with Gasteiger partial charge in [0.25, 0.3) is 5.91 Å². The van der Waals surface area contributed by atoms with Gasteiger partial charge in [-0.05, 0) is 42.5 Å². The van der Waals surface area contributed by atoms with Crippen LogP contribution in [0, 0.1) is 0 Å². The fourth-order valence-electron chi connectivity index (χ4n) is 5.25. The van der Waals surface area contributed by atoms with Crippen molar-refractivity contribution in [3.63, 3.8) is 0 Å². The summed E-state index contributed by atoms with van der Waals surface area (Å²) in [6.07, 6.45) is -1.88. The monoisotopic (exact) mass is 585 g/mol. The predicted molar refractivity (Wildman–Crippen MR) is 146 cm³/mol. The van der Waals surface area contributed by atoms with Gasteiger partial charge in [-0.15, -0.1) is 0 Å². The van der Waals surface area contributed by atoms with E-state index in [0.29, 0.717) is 49.0 Å². The van der Waals surface area contributed by atoms with Crippen LogP contribution in [0.4, 0.5) is 21.0 Å². The fraction of sp³-hybridized carbons (Fsp3) is 0.370. The molecule has 3 heterocycles. The largest absolute Gasteiger partial charge is 0.465 e. The summed E-state index contributed by atoms with van der Waals surface area (Å²) >= 11 is 6.22. The number of ether oxygens (including phenoxy) is 2. The number of hydrogen-bond acceptors (Lipinski definition) is 7. The minimum Gasteiger partial charge on any atom is -0.465 e. The van der Waals surface area contributed by atoms with Crippen LogP contribution >= 0.6 is 11.6 Å². The molecule has 5 rings (SSSR count). The molecule has 4 N–H and O–H groups in total. The molecule has 3 aliphatic heterocycles. The molecule has 2 saturated heterocycles. The van der Waals surface area contributed by atoms with E-state index in [1.54, 1.807) is 23.1 Å². The summed E-state index contributed by atoms with van der Waals surface area (Å²) < 4.78 is 11.0. The van der Waals surface area contributed by atoms with Gasteiger partial charge in [0.15, 0.2) is 5.60 Å². The van der Waals surface area contributed by atoms with Crippen LogP contribution in [-0.2, 0) is 24.7 Å². The van der Waals surface area contributed by atoms with Crippen molar-refractivity contribution in [3.05, 3.63) is 58.6 Å². The number of nitrogens with one attached hydrogen (secondary N) is 3. The second kappa shape index (κ2) is 11.6. The number of amides is 5. The maximum Gasteiger partial charge on any atom is 0.412 e. The van der Waals surface area contributed by atoms with Crippen molar-refractivity contribution in [2.24, 2.45) is 0 Å². The average molecular weight is 586 g/mol. The van der Waals surface area contributed by atoms with Crippen molar-refractivity contribution in [3.8, 4) is 0 Å². The highest BCUT2D eigenvalue weighted by Crippen LogP contribution is 2.43. The minimum atomic E-state index is -1.25. The van der Waals surface area contributed by atoms with Gasteiger partial charge in [-0.3, -0.25) is 25.0 Å². The maximum absolute atomic E-state index is 13.9. The Morgan fingerprint density at radius 2 is 1.78 bits per heavy atom. The van der Waals surface area contributed by atoms with Gasteiger partial charge in [-0.25, -0.2) is 9.59 Å². The third-order valence-electron chi connectivity index (χ3n) is 7.29. The average Bonchev–Trinajstić information content (AvgIpc) is 3.37. The smallest absolute Gasteiger partial charge is 0.412 e. The lowest BCUT2D eigenvalue weighted by atomic mass is 9.90. The van der Waals surface area contributed by atoms with Gasteiger partial charge in [0, 0.05) is 47.9 Å². The van der Waals surface area contributed by atoms with Crippen LogP contribution in [0.1, 0.15) is 28.8 Å². The van der Waals surface area contributed by atoms with Crippen LogP contribution in [0.3, 0.4) is 0 Å². The van der Waals surface area contributed by atoms with E-state index in [0.717, 1.165) is 0 Å². The van der Waals surface area contributed by atoms with Crippen molar-refractivity contribution in [1.29, 1.82) is 0 Å². The summed E-state index contributed by atoms with van der Waals surface area (Å²) in [6.45, 7) is 1.73. The molecule has 2 atom stereocenters. The molecule has 0 radical (unpaired) electrons. The molecule has 2 fully saturated rings. The molecule has 13 nitrogen and oxygen atoms in total. The zero-order chi connectivity index (χ0) is 29.1. The molecule has 3 aliphatic rings. The first-order valence-corrected chi connectivity index (χ1v) is 13.4. The summed E-state index contributed by atoms with van der Waals surface area (Å²) in [4.78, 5) is 66.4. The number of rotatable bonds is 6. The van der Waals surface area contributed by atoms with Gasteiger partial charge in [-0.2, -0.15) is 0 Å². The first-order chi connectivity index (χ1) is 19.6. The van der Waals surface area contributed by atoms with Gasteiger partial charge in [0.2, 0.25) is 11.8 Å². The summed E-state index contributed by atoms with van der Waals surface area (Å²) in [5, 5.41) is 16.8. The first kappa shape index (κ1) is 28.2. The molecule has 2 aromatic rings. The Hall–Kier alpha value is -4.36. The Morgan fingerprint density at radius 1 is 1.05 bits per heavy atom. The van der Waals surface area contributed by atoms with Crippen LogP contribution in [0.2, 0.25) is 5.02 Å². The molecule has 41 heavy (non-hydrogen) atoms. The predicted octanol–water partition coefficient (Wildman–Crippen LogP) is 2.47. The first-order valence-electron chi connectivity index (χ1n) is 13.0. The highest BCUT2D eigenvalue weighted by molar-refractivity contribution is 6.30. The second-order valence-electron chi connectivity index (χ2n) is 9.94. The van der Waals surface area contributed by atoms with E-state index < -0.39 is 35.6 Å². The second-order valence-corrected chi connectivity index (χ2v) is 10.4. The Balaban J connectivity index is 1.36. The maximum atomic E-state index is 13.9. The molecule has 2 aromatic carbocycles. The summed E-state index contributed by atoms with van der Waals surface area (Å²) in [5.41, 5.74) is 0.483. The lowest BCUT2D eigenvalue weighted by Gasteiger charge is -2.36. The van der Waals surface area contributed by atoms with E-state index in [-0.39, 0.29) is 36.7 Å². The number of fused-ring (bicyclic) bond motifs is 2. The number of nitrogens with zero attached hydrogens (tertiary/aromatic N) is 2. The third-order valence-corrected chi connectivity index (χ3v) is 7.52. The summed E-state index contributed by atoms with van der Waals surface area (Å²) in [7, 11) is 0. The molecular weight excluding hydrogens is 558 g/mol. The van der Waals surface area contributed by atoms with Crippen LogP contribution in [0.15, 0.2) is 42.5 Å². The van der Waals surface area contributed by atoms with Crippen molar-refractivity contribution in [2.75, 3.05) is 50.0 Å². The van der Waals surface area contributed by atoms with E-state index in [4.69, 9.17) is 26.2 Å². The zero-order valence-electron chi connectivity index (χ0n) is 21.9. The number of carbonyl (C=O) groups is 5. The van der Waals surface area contributed by atoms with Crippen molar-refractivity contribution >= 4 is 52.9 Å². The van der Waals surface area contributed by atoms with Crippen LogP contribution in [0.25, 0.3) is 0 Å². The number of likely N-dealkylation sites (tertiary alicyclic amines) is 1. The standard InChI is InChI=1S/C27H28ClN5O8/c28-17-3-6-20-19(13-17)27(41-26(39)31-20)7-8-33(15-27)24(36)21(14-22(34)32-9-11-40-12-10-32)30-23(35)16-1-4-18(5-2-16)29-25(37)38/h1-6,13,21,29H,7-12,14-15H2,(H,30,35)(H,31,39)(H,37,38)/t21-,27?/m0/s1. The van der Waals surface area contributed by atoms with Gasteiger partial charge >= 0.3 is 12.2 Å². The molecule has 1 spiro atoms. The quantitative estimate of drug-likeness (QED) is 0.401. The topological polar surface area (TPSA) is 167 Å². The molecule has 14 heteroatoms. The van der Waals surface area contributed by atoms with Crippen molar-refractivity contribution in [2.45, 2.75) is 24.5 Å². The molecule has 5 amide bonds. The van der Waals surface area contributed by atoms with Gasteiger partial charge in [0.05, 0.1) is 31.9 Å². The third kappa shape index (κ3) is 6.20. The highest BCUT2D eigenvalue weighted by atomic mass is 35.5. The van der Waals surface area contributed by atoms with Crippen LogP contribution < -0.4 is 16.0 Å². The number of carbonyl (C=O) groups excluding carboxylic acids is 4. The Morgan fingerprint density at radius 3 is 2.49 bits per heavy atom. The molecule has 216 valence electrons. The Labute approximate surface area is 239 Å². The van der Waals surface area contributed by atoms with Crippen LogP contribution in [0.5, 0.6) is 0 Å². The molecule has 0 bridgehead atoms. The van der Waals surface area contributed by atoms with Gasteiger partial charge in [0.1, 0.15) is 6.04 Å². The van der Waals surface area contributed by atoms with E-state index in [1.807, 2.05) is 0 Å². The van der Waals surface area contributed by atoms with Gasteiger partial charge in [-0.1, -0.05) is 11.6 Å². The fourth-order valence-corrected chi connectivity index (χ4v) is 5.42. The van der Waals surface area contributed by atoms with E-state index in [1.165, 1.54) is 29.2 Å². The SMILES string of the molecule is O=C(O)Nc1ccc(C(=O)N[C@@H](CC(=O)N2CCOCC2)C(=O)N2CCC3(C2)OC(=O)Nc2ccc(Cl)cc23)cc1. The van der Waals surface area contributed by atoms with Crippen LogP contribution in [-0.4, -0.2) is 90.2 Å². The number of carboxylic acid groups (broad SMARTS) is 1. The molecule has 0 saturated carbocycles.